The minimum absolute atomic E-state index is 0.124. The van der Waals surface area contributed by atoms with Crippen LogP contribution in [-0.2, 0) is 0 Å². The molecule has 0 aliphatic carbocycles. The zero-order valence-electron chi connectivity index (χ0n) is 29.7. The Hall–Kier alpha value is 0.458. The van der Waals surface area contributed by atoms with Crippen molar-refractivity contribution in [2.45, 2.75) is 115 Å². The molecule has 0 saturated heterocycles. The molecular formula is C32H62GeSi8. The first-order chi connectivity index (χ1) is 18.4. The second-order valence-electron chi connectivity index (χ2n) is 17.3. The number of hydrogen-bond donors (Lipinski definition) is 0. The van der Waals surface area contributed by atoms with Crippen LogP contribution in [0.3, 0.4) is 0 Å². The fourth-order valence-corrected chi connectivity index (χ4v) is 279. The molecule has 0 N–H and O–H groups in total. The van der Waals surface area contributed by atoms with E-state index in [-0.39, 0.29) is 30.1 Å². The molecule has 4 radical (unpaired) electrons. The maximum absolute atomic E-state index is 2.93. The van der Waals surface area contributed by atoms with Crippen LogP contribution in [0.4, 0.5) is 0 Å². The van der Waals surface area contributed by atoms with Gasteiger partial charge < -0.3 is 0 Å². The maximum atomic E-state index is 2.93. The van der Waals surface area contributed by atoms with Crippen LogP contribution in [0, 0.1) is 0 Å². The molecule has 0 bridgehead atoms. The van der Waals surface area contributed by atoms with Crippen LogP contribution in [0.2, 0.25) is 115 Å². The fraction of sp³-hybridized carbons (Fsp3) is 0.562. The predicted molar refractivity (Wildman–Crippen MR) is 215 cm³/mol. The van der Waals surface area contributed by atoms with E-state index in [1.807, 2.05) is 0 Å². The third-order valence-corrected chi connectivity index (χ3v) is 162. The van der Waals surface area contributed by atoms with Gasteiger partial charge in [0.25, 0.3) is 0 Å². The molecule has 41 heavy (non-hydrogen) atoms. The standard InChI is InChI=1S/C16H14Ge.C16H48Si8/c1-3-7-13(8-4-1)15-11-17-12-16(15)14-9-5-2-6-10-14;1-19(2,3)17(20(4,5)6)23(13,14)24(15,16)18(21(7,8)9)22(10,11)12/h1-10H,11-12H2;1-16H3. The van der Waals surface area contributed by atoms with Crippen LogP contribution in [0.1, 0.15) is 11.1 Å². The Kier molecular flexibility index (Phi) is 12.7. The molecule has 0 amide bonds. The number of hydrogen-bond acceptors (Lipinski definition) is 0. The second-order valence-corrected chi connectivity index (χ2v) is 99.8. The van der Waals surface area contributed by atoms with Gasteiger partial charge in [0, 0.05) is 59.3 Å². The molecule has 0 atom stereocenters. The molecule has 0 fully saturated rings. The summed E-state index contributed by atoms with van der Waals surface area (Å²) in [6.07, 6.45) is 0. The van der Waals surface area contributed by atoms with E-state index < -0.39 is 44.6 Å². The van der Waals surface area contributed by atoms with Crippen LogP contribution in [0.25, 0.3) is 11.1 Å². The Morgan fingerprint density at radius 1 is 0.415 bits per heavy atom. The Morgan fingerprint density at radius 2 is 0.659 bits per heavy atom. The fourth-order valence-electron chi connectivity index (χ4n) is 8.98. The zero-order chi connectivity index (χ0) is 31.7. The molecule has 0 spiro atoms. The van der Waals surface area contributed by atoms with Gasteiger partial charge >= 0.3 is 109 Å². The molecular weight excluding hydrogens is 682 g/mol. The SMILES string of the molecule is C[Si](C)(C)[Si]([Si](C)(C)C)[Si](C)(C)[Si](C)(C)[Si]([Si](C)(C)C)[Si](C)(C)C.c1ccc(C2=C(c3ccccc3)[CH2][Ge][CH2]2)cc1. The van der Waals surface area contributed by atoms with Gasteiger partial charge in [0.15, 0.2) is 0 Å². The first-order valence-electron chi connectivity index (χ1n) is 15.7. The van der Waals surface area contributed by atoms with Crippen LogP contribution in [-0.4, -0.2) is 74.7 Å². The van der Waals surface area contributed by atoms with Crippen molar-refractivity contribution >= 4 is 85.9 Å². The Bertz CT molecular complexity index is 1030. The quantitative estimate of drug-likeness (QED) is 0.224. The summed E-state index contributed by atoms with van der Waals surface area (Å²) in [7, 11) is -6.61. The minimum atomic E-state index is -1.13. The van der Waals surface area contributed by atoms with Gasteiger partial charge in [-0.15, -0.1) is 0 Å². The first kappa shape index (κ1) is 37.6. The average molecular weight is 744 g/mol. The van der Waals surface area contributed by atoms with E-state index in [1.165, 1.54) is 21.6 Å². The molecule has 0 unspecified atom stereocenters. The van der Waals surface area contributed by atoms with Crippen LogP contribution in [0.15, 0.2) is 60.7 Å². The van der Waals surface area contributed by atoms with E-state index in [9.17, 15) is 0 Å². The molecule has 2 aromatic carbocycles. The summed E-state index contributed by atoms with van der Waals surface area (Å²) in [5, 5.41) is 2.68. The molecule has 9 heteroatoms. The molecule has 226 valence electrons. The number of rotatable bonds is 9. The van der Waals surface area contributed by atoms with Gasteiger partial charge in [0.05, 0.1) is 0 Å². The monoisotopic (exact) mass is 744 g/mol. The van der Waals surface area contributed by atoms with Crippen molar-refractivity contribution in [1.82, 2.24) is 0 Å². The van der Waals surface area contributed by atoms with Gasteiger partial charge in [0.2, 0.25) is 0 Å². The summed E-state index contributed by atoms with van der Waals surface area (Å²) in [4.78, 5) is 0. The van der Waals surface area contributed by atoms with Crippen molar-refractivity contribution in [2.24, 2.45) is 0 Å². The van der Waals surface area contributed by atoms with Crippen molar-refractivity contribution < 1.29 is 0 Å². The average Bonchev–Trinajstić information content (AvgIpc) is 3.26. The summed E-state index contributed by atoms with van der Waals surface area (Å²) in [6.45, 7) is 44.6. The van der Waals surface area contributed by atoms with Gasteiger partial charge in [-0.3, -0.25) is 0 Å². The molecule has 1 aliphatic rings. The molecule has 2 aromatic rings. The summed E-state index contributed by atoms with van der Waals surface area (Å²) in [5.74, 6) is 0. The summed E-state index contributed by atoms with van der Waals surface area (Å²) < 4.78 is 0. The molecule has 3 rings (SSSR count). The predicted octanol–water partition coefficient (Wildman–Crippen LogP) is 10.4. The Morgan fingerprint density at radius 3 is 0.878 bits per heavy atom. The molecule has 0 saturated carbocycles. The van der Waals surface area contributed by atoms with Gasteiger partial charge in [0.1, 0.15) is 0 Å². The van der Waals surface area contributed by atoms with E-state index in [0.717, 1.165) is 0 Å². The first-order valence-corrected chi connectivity index (χ1v) is 48.7. The van der Waals surface area contributed by atoms with Crippen molar-refractivity contribution in [1.29, 1.82) is 0 Å². The Balaban J connectivity index is 0.000000300. The van der Waals surface area contributed by atoms with Crippen molar-refractivity contribution in [3.63, 3.8) is 0 Å². The number of allylic oxidation sites excluding steroid dienone is 2. The molecule has 1 heterocycles. The zero-order valence-corrected chi connectivity index (χ0v) is 39.8. The van der Waals surface area contributed by atoms with E-state index in [2.05, 4.69) is 165 Å². The van der Waals surface area contributed by atoms with Crippen molar-refractivity contribution in [3.8, 4) is 0 Å². The normalized spacial score (nSPS) is 15.9. The van der Waals surface area contributed by atoms with E-state index in [4.69, 9.17) is 0 Å². The van der Waals surface area contributed by atoms with Gasteiger partial charge in [-0.1, -0.05) is 105 Å². The van der Waals surface area contributed by atoms with Crippen molar-refractivity contribution in [3.05, 3.63) is 71.8 Å². The third kappa shape index (κ3) is 9.48. The third-order valence-electron chi connectivity index (χ3n) is 9.02. The molecule has 1 aliphatic heterocycles. The second kappa shape index (κ2) is 13.8. The van der Waals surface area contributed by atoms with Crippen LogP contribution >= 0.6 is 0 Å². The van der Waals surface area contributed by atoms with Crippen molar-refractivity contribution in [2.75, 3.05) is 0 Å². The Labute approximate surface area is 270 Å². The van der Waals surface area contributed by atoms with E-state index in [0.29, 0.717) is 0 Å². The summed E-state index contributed by atoms with van der Waals surface area (Å²) >= 11 is 0.207. The van der Waals surface area contributed by atoms with E-state index >= 15 is 0 Å². The van der Waals surface area contributed by atoms with Crippen LogP contribution in [0.5, 0.6) is 0 Å². The van der Waals surface area contributed by atoms with Gasteiger partial charge in [-0.2, -0.15) is 0 Å². The van der Waals surface area contributed by atoms with Gasteiger partial charge in [-0.05, 0) is 0 Å². The van der Waals surface area contributed by atoms with E-state index in [1.54, 1.807) is 11.1 Å². The summed E-state index contributed by atoms with van der Waals surface area (Å²) in [5.41, 5.74) is 6.04. The topological polar surface area (TPSA) is 0 Å². The molecule has 0 aromatic heterocycles. The molecule has 0 nitrogen and oxygen atoms in total. The number of benzene rings is 2. The van der Waals surface area contributed by atoms with Crippen LogP contribution < -0.4 is 0 Å². The van der Waals surface area contributed by atoms with Gasteiger partial charge in [-0.25, -0.2) is 0 Å². The summed E-state index contributed by atoms with van der Waals surface area (Å²) in [6, 6.07) is 21.7.